The van der Waals surface area contributed by atoms with Gasteiger partial charge in [-0.05, 0) is 19.9 Å². The molecule has 19 heavy (non-hydrogen) atoms. The van der Waals surface area contributed by atoms with E-state index in [0.717, 1.165) is 17.9 Å². The summed E-state index contributed by atoms with van der Waals surface area (Å²) in [5.41, 5.74) is 2.34. The van der Waals surface area contributed by atoms with Crippen molar-refractivity contribution in [3.8, 4) is 17.2 Å². The first-order chi connectivity index (χ1) is 9.12. The van der Waals surface area contributed by atoms with Gasteiger partial charge in [0.1, 0.15) is 5.75 Å². The monoisotopic (exact) mass is 265 g/mol. The van der Waals surface area contributed by atoms with Crippen LogP contribution in [0.5, 0.6) is 17.2 Å². The van der Waals surface area contributed by atoms with Gasteiger partial charge in [0.05, 0.1) is 21.3 Å². The van der Waals surface area contributed by atoms with E-state index in [1.807, 2.05) is 12.1 Å². The third-order valence-corrected chi connectivity index (χ3v) is 2.76. The molecule has 0 radical (unpaired) electrons. The number of hydrogen-bond donors (Lipinski definition) is 1. The number of rotatable bonds is 7. The molecule has 0 aliphatic rings. The fourth-order valence-corrected chi connectivity index (χ4v) is 1.71. The standard InChI is InChI=1S/C15H23NO3/c1-11(2)6-7-16-10-12-8-14(18-4)15(19-5)9-13(12)17-3/h6,8-9,16H,7,10H2,1-5H3. The molecule has 1 aromatic carbocycles. The summed E-state index contributed by atoms with van der Waals surface area (Å²) in [7, 11) is 4.90. The van der Waals surface area contributed by atoms with Crippen molar-refractivity contribution >= 4 is 0 Å². The topological polar surface area (TPSA) is 39.7 Å². The predicted molar refractivity (Wildman–Crippen MR) is 77.2 cm³/mol. The van der Waals surface area contributed by atoms with Gasteiger partial charge in [-0.2, -0.15) is 0 Å². The third kappa shape index (κ3) is 4.48. The van der Waals surface area contributed by atoms with E-state index in [9.17, 15) is 0 Å². The van der Waals surface area contributed by atoms with Crippen LogP contribution in [0.3, 0.4) is 0 Å². The summed E-state index contributed by atoms with van der Waals surface area (Å²) < 4.78 is 15.9. The predicted octanol–water partition coefficient (Wildman–Crippen LogP) is 2.77. The van der Waals surface area contributed by atoms with Crippen LogP contribution in [-0.4, -0.2) is 27.9 Å². The summed E-state index contributed by atoms with van der Waals surface area (Å²) in [6.07, 6.45) is 2.15. The van der Waals surface area contributed by atoms with Crippen LogP contribution in [0.4, 0.5) is 0 Å². The highest BCUT2D eigenvalue weighted by atomic mass is 16.5. The highest BCUT2D eigenvalue weighted by Gasteiger charge is 2.11. The average Bonchev–Trinajstić information content (AvgIpc) is 2.42. The number of allylic oxidation sites excluding steroid dienone is 1. The van der Waals surface area contributed by atoms with E-state index in [1.54, 1.807) is 21.3 Å². The lowest BCUT2D eigenvalue weighted by Gasteiger charge is -2.14. The summed E-state index contributed by atoms with van der Waals surface area (Å²) in [6.45, 7) is 5.71. The number of ether oxygens (including phenoxy) is 3. The Morgan fingerprint density at radius 1 is 1.00 bits per heavy atom. The van der Waals surface area contributed by atoms with E-state index in [-0.39, 0.29) is 0 Å². The molecule has 0 saturated carbocycles. The van der Waals surface area contributed by atoms with E-state index >= 15 is 0 Å². The molecule has 0 heterocycles. The lowest BCUT2D eigenvalue weighted by atomic mass is 10.1. The number of nitrogens with one attached hydrogen (secondary N) is 1. The molecule has 0 amide bonds. The minimum absolute atomic E-state index is 0.674. The van der Waals surface area contributed by atoms with Crippen molar-refractivity contribution in [2.75, 3.05) is 27.9 Å². The highest BCUT2D eigenvalue weighted by molar-refractivity contribution is 5.50. The fraction of sp³-hybridized carbons (Fsp3) is 0.467. The van der Waals surface area contributed by atoms with Crippen molar-refractivity contribution < 1.29 is 14.2 Å². The fourth-order valence-electron chi connectivity index (χ4n) is 1.71. The smallest absolute Gasteiger partial charge is 0.164 e. The Morgan fingerprint density at radius 2 is 1.58 bits per heavy atom. The maximum atomic E-state index is 5.37. The molecule has 0 bridgehead atoms. The zero-order valence-corrected chi connectivity index (χ0v) is 12.4. The Morgan fingerprint density at radius 3 is 2.11 bits per heavy atom. The molecule has 0 spiro atoms. The molecule has 0 unspecified atom stereocenters. The van der Waals surface area contributed by atoms with Crippen molar-refractivity contribution in [1.29, 1.82) is 0 Å². The molecule has 0 atom stereocenters. The Bertz CT molecular complexity index is 437. The number of methoxy groups -OCH3 is 3. The molecule has 0 saturated heterocycles. The van der Waals surface area contributed by atoms with Gasteiger partial charge < -0.3 is 19.5 Å². The Labute approximate surface area is 115 Å². The maximum absolute atomic E-state index is 5.37. The lowest BCUT2D eigenvalue weighted by Crippen LogP contribution is -2.14. The summed E-state index contributed by atoms with van der Waals surface area (Å²) in [4.78, 5) is 0. The van der Waals surface area contributed by atoms with Gasteiger partial charge in [-0.3, -0.25) is 0 Å². The molecule has 0 fully saturated rings. The summed E-state index contributed by atoms with van der Waals surface area (Å²) in [5, 5.41) is 3.34. The first-order valence-corrected chi connectivity index (χ1v) is 6.25. The zero-order chi connectivity index (χ0) is 14.3. The zero-order valence-electron chi connectivity index (χ0n) is 12.4. The minimum Gasteiger partial charge on any atom is -0.496 e. The van der Waals surface area contributed by atoms with E-state index in [2.05, 4.69) is 25.2 Å². The van der Waals surface area contributed by atoms with Crippen molar-refractivity contribution in [3.05, 3.63) is 29.3 Å². The summed E-state index contributed by atoms with van der Waals surface area (Å²) in [5.74, 6) is 2.18. The van der Waals surface area contributed by atoms with Crippen molar-refractivity contribution in [2.45, 2.75) is 20.4 Å². The summed E-state index contributed by atoms with van der Waals surface area (Å²) >= 11 is 0. The quantitative estimate of drug-likeness (QED) is 0.608. The Balaban J connectivity index is 2.83. The second kappa shape index (κ2) is 7.69. The second-order valence-electron chi connectivity index (χ2n) is 4.43. The Hall–Kier alpha value is -1.68. The first-order valence-electron chi connectivity index (χ1n) is 6.25. The molecule has 0 aromatic heterocycles. The second-order valence-corrected chi connectivity index (χ2v) is 4.43. The largest absolute Gasteiger partial charge is 0.496 e. The third-order valence-electron chi connectivity index (χ3n) is 2.76. The van der Waals surface area contributed by atoms with E-state index in [1.165, 1.54) is 5.57 Å². The molecule has 1 N–H and O–H groups in total. The van der Waals surface area contributed by atoms with E-state index in [4.69, 9.17) is 14.2 Å². The van der Waals surface area contributed by atoms with Crippen molar-refractivity contribution in [2.24, 2.45) is 0 Å². The summed E-state index contributed by atoms with van der Waals surface area (Å²) in [6, 6.07) is 3.78. The molecule has 1 rings (SSSR count). The van der Waals surface area contributed by atoms with Crippen LogP contribution in [-0.2, 0) is 6.54 Å². The van der Waals surface area contributed by atoms with Gasteiger partial charge in [-0.25, -0.2) is 0 Å². The minimum atomic E-state index is 0.674. The SMILES string of the molecule is COc1cc(OC)c(OC)cc1CNCC=C(C)C. The number of hydrogen-bond acceptors (Lipinski definition) is 4. The maximum Gasteiger partial charge on any atom is 0.164 e. The van der Waals surface area contributed by atoms with Crippen LogP contribution in [0.25, 0.3) is 0 Å². The molecule has 4 nitrogen and oxygen atoms in total. The average molecular weight is 265 g/mol. The normalized spacial score (nSPS) is 9.95. The van der Waals surface area contributed by atoms with E-state index < -0.39 is 0 Å². The van der Waals surface area contributed by atoms with Gasteiger partial charge in [-0.1, -0.05) is 11.6 Å². The van der Waals surface area contributed by atoms with Crippen LogP contribution in [0.1, 0.15) is 19.4 Å². The van der Waals surface area contributed by atoms with Gasteiger partial charge in [-0.15, -0.1) is 0 Å². The van der Waals surface area contributed by atoms with Crippen LogP contribution in [0.2, 0.25) is 0 Å². The van der Waals surface area contributed by atoms with Crippen molar-refractivity contribution in [3.63, 3.8) is 0 Å². The van der Waals surface area contributed by atoms with Crippen LogP contribution >= 0.6 is 0 Å². The lowest BCUT2D eigenvalue weighted by molar-refractivity contribution is 0.347. The van der Waals surface area contributed by atoms with E-state index in [0.29, 0.717) is 18.0 Å². The molecule has 106 valence electrons. The van der Waals surface area contributed by atoms with Crippen LogP contribution in [0.15, 0.2) is 23.8 Å². The molecule has 1 aromatic rings. The van der Waals surface area contributed by atoms with Gasteiger partial charge >= 0.3 is 0 Å². The molecule has 4 heteroatoms. The number of benzene rings is 1. The first kappa shape index (κ1) is 15.4. The van der Waals surface area contributed by atoms with Crippen molar-refractivity contribution in [1.82, 2.24) is 5.32 Å². The van der Waals surface area contributed by atoms with Gasteiger partial charge in [0.25, 0.3) is 0 Å². The van der Waals surface area contributed by atoms with Crippen LogP contribution in [0, 0.1) is 0 Å². The molecular weight excluding hydrogens is 242 g/mol. The van der Waals surface area contributed by atoms with Gasteiger partial charge in [0.2, 0.25) is 0 Å². The molecule has 0 aliphatic carbocycles. The molecule has 0 aliphatic heterocycles. The molecular formula is C15H23NO3. The van der Waals surface area contributed by atoms with Gasteiger partial charge in [0.15, 0.2) is 11.5 Å². The van der Waals surface area contributed by atoms with Gasteiger partial charge in [0, 0.05) is 24.7 Å². The highest BCUT2D eigenvalue weighted by Crippen LogP contribution is 2.34. The Kier molecular flexibility index (Phi) is 6.22. The van der Waals surface area contributed by atoms with Crippen LogP contribution < -0.4 is 19.5 Å².